The van der Waals surface area contributed by atoms with Gasteiger partial charge in [-0.25, -0.2) is 4.99 Å². The first-order valence-corrected chi connectivity index (χ1v) is 9.03. The van der Waals surface area contributed by atoms with Crippen LogP contribution in [0.15, 0.2) is 17.3 Å². The Bertz CT molecular complexity index is 884. The highest BCUT2D eigenvalue weighted by Crippen LogP contribution is 2.44. The van der Waals surface area contributed by atoms with E-state index in [4.69, 9.17) is 25.8 Å². The van der Waals surface area contributed by atoms with Crippen molar-refractivity contribution < 1.29 is 19.3 Å². The number of hydrogen-bond donors (Lipinski definition) is 1. The van der Waals surface area contributed by atoms with Gasteiger partial charge < -0.3 is 28.8 Å². The van der Waals surface area contributed by atoms with Crippen molar-refractivity contribution in [3.8, 4) is 0 Å². The van der Waals surface area contributed by atoms with E-state index in [0.29, 0.717) is 11.5 Å². The Morgan fingerprint density at radius 3 is 2.78 bits per heavy atom. The van der Waals surface area contributed by atoms with Crippen LogP contribution < -0.4 is 0 Å². The molecule has 2 aliphatic heterocycles. The van der Waals surface area contributed by atoms with Crippen molar-refractivity contribution in [2.24, 2.45) is 4.99 Å². The minimum absolute atomic E-state index is 0.0885. The first kappa shape index (κ1) is 18.6. The van der Waals surface area contributed by atoms with E-state index in [2.05, 4.69) is 15.0 Å². The largest absolute Gasteiger partial charge is 0.394 e. The van der Waals surface area contributed by atoms with Crippen LogP contribution in [0.1, 0.15) is 20.1 Å². The lowest BCUT2D eigenvalue weighted by atomic mass is 10.1. The molecule has 1 N–H and O–H groups in total. The molecule has 146 valence electrons. The zero-order valence-corrected chi connectivity index (χ0v) is 16.3. The van der Waals surface area contributed by atoms with E-state index < -0.39 is 18.1 Å². The summed E-state index contributed by atoms with van der Waals surface area (Å²) in [5.74, 6) is -0.281. The van der Waals surface area contributed by atoms with Gasteiger partial charge >= 0.3 is 0 Å². The molecule has 0 aliphatic carbocycles. The van der Waals surface area contributed by atoms with Gasteiger partial charge in [-0.3, -0.25) is 0 Å². The first-order valence-electron chi connectivity index (χ1n) is 8.66. The Morgan fingerprint density at radius 2 is 2.07 bits per heavy atom. The average Bonchev–Trinajstić information content (AvgIpc) is 3.22. The molecule has 2 aromatic rings. The Kier molecular flexibility index (Phi) is 4.59. The molecule has 27 heavy (non-hydrogen) atoms. The van der Waals surface area contributed by atoms with Crippen LogP contribution in [0.5, 0.6) is 0 Å². The number of aliphatic hydroxyl groups is 1. The number of hydrogen-bond acceptors (Lipinski definition) is 7. The topological polar surface area (TPSA) is 94.2 Å². The molecule has 0 amide bonds. The van der Waals surface area contributed by atoms with Crippen molar-refractivity contribution in [2.75, 3.05) is 20.7 Å². The van der Waals surface area contributed by atoms with E-state index in [1.54, 1.807) is 11.2 Å². The fourth-order valence-corrected chi connectivity index (χ4v) is 3.66. The van der Waals surface area contributed by atoms with Gasteiger partial charge in [-0.05, 0) is 31.5 Å². The second-order valence-corrected chi connectivity index (χ2v) is 7.64. The van der Waals surface area contributed by atoms with E-state index in [-0.39, 0.29) is 24.1 Å². The van der Waals surface area contributed by atoms with Crippen LogP contribution in [0.3, 0.4) is 0 Å². The molecule has 0 aromatic carbocycles. The van der Waals surface area contributed by atoms with Gasteiger partial charge in [0.05, 0.1) is 18.3 Å². The smallest absolute Gasteiger partial charge is 0.226 e. The molecular formula is C17H22ClN5O4. The van der Waals surface area contributed by atoms with E-state index in [1.807, 2.05) is 44.8 Å². The molecule has 10 heteroatoms. The normalized spacial score (nSPS) is 29.7. The second-order valence-electron chi connectivity index (χ2n) is 7.30. The Balaban J connectivity index is 1.76. The Hall–Kier alpha value is -1.78. The lowest BCUT2D eigenvalue weighted by molar-refractivity contribution is -0.199. The summed E-state index contributed by atoms with van der Waals surface area (Å²) in [6, 6.07) is 1.86. The van der Waals surface area contributed by atoms with E-state index in [9.17, 15) is 5.11 Å². The molecule has 0 radical (unpaired) electrons. The van der Waals surface area contributed by atoms with Gasteiger partial charge in [0.2, 0.25) is 5.28 Å². The molecule has 4 rings (SSSR count). The van der Waals surface area contributed by atoms with Crippen LogP contribution in [0.4, 0.5) is 5.82 Å². The van der Waals surface area contributed by atoms with Crippen molar-refractivity contribution in [2.45, 2.75) is 44.2 Å². The number of aliphatic imine (C=N–C) groups is 1. The standard InChI is InChI=1S/C17H22ClN5O4/c1-17(2)26-11-10(7-24)25-15(12(11)27-17)23-6-5-9-13(19-8-22(3)4)20-16(18)21-14(9)23/h5-6,8,10-12,15,24H,7H2,1-4H3/t10-,11-,12-,15-/m1/s1. The van der Waals surface area contributed by atoms with Gasteiger partial charge in [0, 0.05) is 20.3 Å². The number of fused-ring (bicyclic) bond motifs is 2. The van der Waals surface area contributed by atoms with Gasteiger partial charge in [0.15, 0.2) is 17.8 Å². The number of ether oxygens (including phenoxy) is 3. The summed E-state index contributed by atoms with van der Waals surface area (Å²) < 4.78 is 19.8. The van der Waals surface area contributed by atoms with Crippen LogP contribution >= 0.6 is 11.6 Å². The Labute approximate surface area is 161 Å². The molecule has 4 heterocycles. The lowest BCUT2D eigenvalue weighted by Gasteiger charge is -2.24. The predicted octanol–water partition coefficient (Wildman–Crippen LogP) is 1.72. The lowest BCUT2D eigenvalue weighted by Crippen LogP contribution is -2.31. The summed E-state index contributed by atoms with van der Waals surface area (Å²) in [5.41, 5.74) is 0.580. The fourth-order valence-electron chi connectivity index (χ4n) is 3.50. The average molecular weight is 396 g/mol. The maximum absolute atomic E-state index is 9.68. The number of aromatic nitrogens is 3. The molecule has 2 aliphatic rings. The highest BCUT2D eigenvalue weighted by atomic mass is 35.5. The van der Waals surface area contributed by atoms with Gasteiger partial charge in [-0.2, -0.15) is 9.97 Å². The van der Waals surface area contributed by atoms with Crippen LogP contribution in [0, 0.1) is 0 Å². The summed E-state index contributed by atoms with van der Waals surface area (Å²) in [6.07, 6.45) is 1.74. The number of halogens is 1. The third-order valence-corrected chi connectivity index (χ3v) is 4.68. The summed E-state index contributed by atoms with van der Waals surface area (Å²) in [7, 11) is 3.74. The first-order chi connectivity index (χ1) is 12.8. The molecule has 4 atom stereocenters. The summed E-state index contributed by atoms with van der Waals surface area (Å²) in [4.78, 5) is 14.8. The van der Waals surface area contributed by atoms with Gasteiger partial charge in [-0.1, -0.05) is 0 Å². The highest BCUT2D eigenvalue weighted by molar-refractivity contribution is 6.28. The van der Waals surface area contributed by atoms with Crippen molar-refractivity contribution >= 4 is 34.8 Å². The number of nitrogens with zero attached hydrogens (tertiary/aromatic N) is 5. The Morgan fingerprint density at radius 1 is 1.33 bits per heavy atom. The number of rotatable bonds is 4. The maximum Gasteiger partial charge on any atom is 0.226 e. The molecular weight excluding hydrogens is 374 g/mol. The van der Waals surface area contributed by atoms with Gasteiger partial charge in [0.1, 0.15) is 24.0 Å². The summed E-state index contributed by atoms with van der Waals surface area (Å²) >= 11 is 6.13. The van der Waals surface area contributed by atoms with Crippen molar-refractivity contribution in [1.82, 2.24) is 19.4 Å². The monoisotopic (exact) mass is 395 g/mol. The van der Waals surface area contributed by atoms with E-state index >= 15 is 0 Å². The second kappa shape index (κ2) is 6.68. The molecule has 9 nitrogen and oxygen atoms in total. The zero-order chi connectivity index (χ0) is 19.3. The fraction of sp³-hybridized carbons (Fsp3) is 0.588. The molecule has 2 saturated heterocycles. The van der Waals surface area contributed by atoms with Crippen LogP contribution in [-0.2, 0) is 14.2 Å². The summed E-state index contributed by atoms with van der Waals surface area (Å²) in [5, 5.41) is 10.5. The quantitative estimate of drug-likeness (QED) is 0.478. The third-order valence-electron chi connectivity index (χ3n) is 4.51. The van der Waals surface area contributed by atoms with Crippen molar-refractivity contribution in [3.05, 3.63) is 17.5 Å². The molecule has 0 saturated carbocycles. The van der Waals surface area contributed by atoms with Crippen LogP contribution in [-0.4, -0.2) is 75.7 Å². The van der Waals surface area contributed by atoms with Crippen LogP contribution in [0.25, 0.3) is 11.0 Å². The minimum Gasteiger partial charge on any atom is -0.394 e. The summed E-state index contributed by atoms with van der Waals surface area (Å²) in [6.45, 7) is 3.53. The van der Waals surface area contributed by atoms with E-state index in [0.717, 1.165) is 5.39 Å². The van der Waals surface area contributed by atoms with Crippen molar-refractivity contribution in [3.63, 3.8) is 0 Å². The van der Waals surface area contributed by atoms with Crippen LogP contribution in [0.2, 0.25) is 5.28 Å². The highest BCUT2D eigenvalue weighted by Gasteiger charge is 2.55. The maximum atomic E-state index is 9.68. The molecule has 0 spiro atoms. The number of aliphatic hydroxyl groups excluding tert-OH is 1. The molecule has 0 bridgehead atoms. The SMILES string of the molecule is CN(C)C=Nc1nc(Cl)nc2c1ccn2[C@@H]1O[C@H](CO)[C@H]2OC(C)(C)O[C@H]21. The van der Waals surface area contributed by atoms with Gasteiger partial charge in [0.25, 0.3) is 0 Å². The van der Waals surface area contributed by atoms with Crippen molar-refractivity contribution in [1.29, 1.82) is 0 Å². The predicted molar refractivity (Wildman–Crippen MR) is 99.2 cm³/mol. The van der Waals surface area contributed by atoms with Gasteiger partial charge in [-0.15, -0.1) is 0 Å². The molecule has 0 unspecified atom stereocenters. The minimum atomic E-state index is -0.748. The third kappa shape index (κ3) is 3.30. The molecule has 2 fully saturated rings. The van der Waals surface area contributed by atoms with E-state index in [1.165, 1.54) is 0 Å². The zero-order valence-electron chi connectivity index (χ0n) is 15.5. The molecule has 2 aromatic heterocycles.